The van der Waals surface area contributed by atoms with Crippen molar-refractivity contribution in [2.75, 3.05) is 45.3 Å². The molecule has 1 heterocycles. The van der Waals surface area contributed by atoms with Gasteiger partial charge in [0.25, 0.3) is 11.8 Å². The lowest BCUT2D eigenvalue weighted by Crippen LogP contribution is -2.32. The average Bonchev–Trinajstić information content (AvgIpc) is 3.14. The highest BCUT2D eigenvalue weighted by molar-refractivity contribution is 6.09. The van der Waals surface area contributed by atoms with E-state index < -0.39 is 11.9 Å². The first-order chi connectivity index (χ1) is 16.3. The van der Waals surface area contributed by atoms with Gasteiger partial charge >= 0.3 is 5.97 Å². The predicted molar refractivity (Wildman–Crippen MR) is 127 cm³/mol. The first kappa shape index (κ1) is 24.8. The maximum Gasteiger partial charge on any atom is 0.337 e. The molecule has 0 aromatic heterocycles. The molecule has 1 aliphatic rings. The number of nitrogens with zero attached hydrogens (tertiary/aromatic N) is 1. The zero-order valence-electron chi connectivity index (χ0n) is 19.5. The third kappa shape index (κ3) is 5.74. The number of ether oxygens (including phenoxy) is 2. The zero-order chi connectivity index (χ0) is 24.7. The third-order valence-corrected chi connectivity index (χ3v) is 5.52. The second kappa shape index (κ2) is 11.3. The van der Waals surface area contributed by atoms with Crippen molar-refractivity contribution in [1.82, 2.24) is 10.2 Å². The Morgan fingerprint density at radius 3 is 2.59 bits per heavy atom. The van der Waals surface area contributed by atoms with Crippen LogP contribution in [-0.4, -0.2) is 67.7 Å². The number of carbonyl (C=O) groups is 3. The Bertz CT molecular complexity index is 1110. The number of hydrogen-bond donors (Lipinski definition) is 3. The van der Waals surface area contributed by atoms with E-state index in [0.717, 1.165) is 11.3 Å². The van der Waals surface area contributed by atoms with E-state index in [1.165, 1.54) is 17.6 Å². The molecular weight excluding hydrogens is 438 g/mol. The molecule has 3 N–H and O–H groups in total. The molecule has 180 valence electrons. The molecule has 0 unspecified atom stereocenters. The minimum atomic E-state index is -0.651. The number of methoxy groups -OCH3 is 1. The van der Waals surface area contributed by atoms with E-state index in [1.54, 1.807) is 24.3 Å². The van der Waals surface area contributed by atoms with Crippen LogP contribution in [0.3, 0.4) is 0 Å². The first-order valence-corrected chi connectivity index (χ1v) is 10.9. The molecule has 1 aliphatic heterocycles. The van der Waals surface area contributed by atoms with Crippen molar-refractivity contribution in [1.29, 1.82) is 0 Å². The van der Waals surface area contributed by atoms with Gasteiger partial charge in [0.2, 0.25) is 0 Å². The van der Waals surface area contributed by atoms with E-state index in [0.29, 0.717) is 11.3 Å². The van der Waals surface area contributed by atoms with Gasteiger partial charge in [-0.3, -0.25) is 9.59 Å². The standard InChI is InChI=1S/C25H29N3O6/c1-16-8-9-18(14-17(16)2)34-13-10-26-23(30)19-6-4-5-7-21(19)27-22-20(25(32)33-3)15-28(11-12-29)24(22)31/h4-9,14,27,29H,10-13,15H2,1-3H3,(H,26,30). The lowest BCUT2D eigenvalue weighted by atomic mass is 10.1. The van der Waals surface area contributed by atoms with Crippen LogP contribution < -0.4 is 15.4 Å². The zero-order valence-corrected chi connectivity index (χ0v) is 19.5. The molecule has 9 nitrogen and oxygen atoms in total. The Kier molecular flexibility index (Phi) is 8.26. The van der Waals surface area contributed by atoms with Crippen LogP contribution in [0, 0.1) is 13.8 Å². The van der Waals surface area contributed by atoms with Crippen LogP contribution in [0.1, 0.15) is 21.5 Å². The summed E-state index contributed by atoms with van der Waals surface area (Å²) in [5, 5.41) is 14.9. The summed E-state index contributed by atoms with van der Waals surface area (Å²) in [6.07, 6.45) is 0. The Morgan fingerprint density at radius 1 is 1.12 bits per heavy atom. The van der Waals surface area contributed by atoms with Crippen molar-refractivity contribution in [3.05, 3.63) is 70.4 Å². The summed E-state index contributed by atoms with van der Waals surface area (Å²) >= 11 is 0. The molecule has 0 radical (unpaired) electrons. The molecule has 0 spiro atoms. The van der Waals surface area contributed by atoms with Gasteiger partial charge in [-0.05, 0) is 49.2 Å². The average molecular weight is 468 g/mol. The molecule has 0 fully saturated rings. The minimum absolute atomic E-state index is 0.0125. The van der Waals surface area contributed by atoms with E-state index in [9.17, 15) is 19.5 Å². The fourth-order valence-electron chi connectivity index (χ4n) is 3.51. The van der Waals surface area contributed by atoms with Gasteiger partial charge in [0.15, 0.2) is 0 Å². The van der Waals surface area contributed by atoms with Gasteiger partial charge in [-0.1, -0.05) is 18.2 Å². The number of aliphatic hydroxyl groups excluding tert-OH is 1. The highest BCUT2D eigenvalue weighted by atomic mass is 16.5. The molecule has 3 rings (SSSR count). The number of aliphatic hydroxyl groups is 1. The first-order valence-electron chi connectivity index (χ1n) is 10.9. The quantitative estimate of drug-likeness (QED) is 0.360. The lowest BCUT2D eigenvalue weighted by Gasteiger charge is -2.16. The number of carbonyl (C=O) groups excluding carboxylic acids is 3. The number of benzene rings is 2. The van der Waals surface area contributed by atoms with Crippen LogP contribution in [-0.2, 0) is 14.3 Å². The van der Waals surface area contributed by atoms with Crippen molar-refractivity contribution in [2.24, 2.45) is 0 Å². The van der Waals surface area contributed by atoms with Gasteiger partial charge in [-0.15, -0.1) is 0 Å². The topological polar surface area (TPSA) is 117 Å². The Labute approximate surface area is 198 Å². The van der Waals surface area contributed by atoms with Crippen LogP contribution in [0.2, 0.25) is 0 Å². The Hall–Kier alpha value is -3.85. The van der Waals surface area contributed by atoms with Crippen LogP contribution in [0.15, 0.2) is 53.7 Å². The summed E-state index contributed by atoms with van der Waals surface area (Å²) in [7, 11) is 1.23. The summed E-state index contributed by atoms with van der Waals surface area (Å²) in [5.41, 5.74) is 3.14. The van der Waals surface area contributed by atoms with Crippen molar-refractivity contribution in [3.63, 3.8) is 0 Å². The number of para-hydroxylation sites is 1. The van der Waals surface area contributed by atoms with E-state index in [-0.39, 0.29) is 50.0 Å². The smallest absolute Gasteiger partial charge is 0.337 e. The number of nitrogens with one attached hydrogen (secondary N) is 2. The Balaban J connectivity index is 1.68. The third-order valence-electron chi connectivity index (χ3n) is 5.52. The monoisotopic (exact) mass is 467 g/mol. The van der Waals surface area contributed by atoms with Gasteiger partial charge in [-0.2, -0.15) is 0 Å². The van der Waals surface area contributed by atoms with E-state index >= 15 is 0 Å². The highest BCUT2D eigenvalue weighted by Crippen LogP contribution is 2.25. The van der Waals surface area contributed by atoms with Crippen LogP contribution in [0.4, 0.5) is 5.69 Å². The molecular formula is C25H29N3O6. The fourth-order valence-corrected chi connectivity index (χ4v) is 3.51. The van der Waals surface area contributed by atoms with Gasteiger partial charge in [0, 0.05) is 6.54 Å². The fraction of sp³-hybridized carbons (Fsp3) is 0.320. The molecule has 2 amide bonds. The summed E-state index contributed by atoms with van der Waals surface area (Å²) < 4.78 is 10.5. The van der Waals surface area contributed by atoms with Crippen molar-refractivity contribution in [2.45, 2.75) is 13.8 Å². The molecule has 0 saturated heterocycles. The molecule has 0 bridgehead atoms. The summed E-state index contributed by atoms with van der Waals surface area (Å²) in [6, 6.07) is 12.5. The van der Waals surface area contributed by atoms with Gasteiger partial charge < -0.3 is 30.1 Å². The molecule has 9 heteroatoms. The second-order valence-electron chi connectivity index (χ2n) is 7.82. The van der Waals surface area contributed by atoms with Gasteiger partial charge in [0.1, 0.15) is 18.1 Å². The van der Waals surface area contributed by atoms with Crippen LogP contribution in [0.5, 0.6) is 5.75 Å². The number of rotatable bonds is 10. The van der Waals surface area contributed by atoms with Gasteiger partial charge in [0.05, 0.1) is 43.6 Å². The summed E-state index contributed by atoms with van der Waals surface area (Å²) in [6.45, 7) is 4.45. The van der Waals surface area contributed by atoms with Crippen molar-refractivity contribution in [3.8, 4) is 5.75 Å². The predicted octanol–water partition coefficient (Wildman–Crippen LogP) is 1.79. The van der Waals surface area contributed by atoms with E-state index in [4.69, 9.17) is 9.47 Å². The van der Waals surface area contributed by atoms with Crippen LogP contribution in [0.25, 0.3) is 0 Å². The molecule has 0 saturated carbocycles. The summed E-state index contributed by atoms with van der Waals surface area (Å²) in [4.78, 5) is 39.1. The lowest BCUT2D eigenvalue weighted by molar-refractivity contribution is -0.136. The Morgan fingerprint density at radius 2 is 1.88 bits per heavy atom. The number of anilines is 1. The van der Waals surface area contributed by atoms with Crippen LogP contribution >= 0.6 is 0 Å². The van der Waals surface area contributed by atoms with Gasteiger partial charge in [-0.25, -0.2) is 4.79 Å². The number of amides is 2. The van der Waals surface area contributed by atoms with Crippen molar-refractivity contribution >= 4 is 23.5 Å². The maximum atomic E-state index is 12.8. The number of aryl methyl sites for hydroxylation is 2. The SMILES string of the molecule is COC(=O)C1=C(Nc2ccccc2C(=O)NCCOc2ccc(C)c(C)c2)C(=O)N(CCO)C1. The maximum absolute atomic E-state index is 12.8. The molecule has 2 aromatic carbocycles. The molecule has 0 aliphatic carbocycles. The highest BCUT2D eigenvalue weighted by Gasteiger charge is 2.34. The number of β-amino-alcohol motifs (C(OH)–C–C–N with tert-alkyl or cyclic N) is 1. The normalized spacial score (nSPS) is 13.2. The van der Waals surface area contributed by atoms with E-state index in [1.807, 2.05) is 32.0 Å². The number of hydrogen-bond acceptors (Lipinski definition) is 7. The largest absolute Gasteiger partial charge is 0.492 e. The van der Waals surface area contributed by atoms with Crippen molar-refractivity contribution < 1.29 is 29.0 Å². The summed E-state index contributed by atoms with van der Waals surface area (Å²) in [5.74, 6) is -0.730. The minimum Gasteiger partial charge on any atom is -0.492 e. The molecule has 0 atom stereocenters. The molecule has 34 heavy (non-hydrogen) atoms. The molecule has 2 aromatic rings. The van der Waals surface area contributed by atoms with E-state index in [2.05, 4.69) is 10.6 Å². The second-order valence-corrected chi connectivity index (χ2v) is 7.82. The number of esters is 1.